The molecule has 3 aromatic carbocycles. The van der Waals surface area contributed by atoms with Crippen molar-refractivity contribution in [2.45, 2.75) is 13.5 Å². The van der Waals surface area contributed by atoms with Gasteiger partial charge in [0, 0.05) is 11.1 Å². The molecular formula is C24H21FO3. The minimum Gasteiger partial charge on any atom is -0.496 e. The number of methoxy groups -OCH3 is 1. The predicted octanol–water partition coefficient (Wildman–Crippen LogP) is 5.62. The van der Waals surface area contributed by atoms with Crippen LogP contribution in [0.3, 0.4) is 0 Å². The first-order valence-electron chi connectivity index (χ1n) is 8.90. The van der Waals surface area contributed by atoms with E-state index in [0.29, 0.717) is 12.2 Å². The number of halogens is 1. The molecule has 0 radical (unpaired) electrons. The number of carbonyl (C=O) groups is 1. The maximum atomic E-state index is 13.0. The fraction of sp³-hybridized carbons (Fsp3) is 0.125. The van der Waals surface area contributed by atoms with Crippen LogP contribution in [0, 0.1) is 12.7 Å². The molecule has 0 aromatic heterocycles. The van der Waals surface area contributed by atoms with Crippen molar-refractivity contribution in [2.75, 3.05) is 7.11 Å². The molecule has 4 heteroatoms. The summed E-state index contributed by atoms with van der Waals surface area (Å²) in [6, 6.07) is 18.9. The predicted molar refractivity (Wildman–Crippen MR) is 108 cm³/mol. The molecule has 0 spiro atoms. The third kappa shape index (κ3) is 4.86. The molecule has 0 amide bonds. The Kier molecular flexibility index (Phi) is 6.22. The zero-order valence-electron chi connectivity index (χ0n) is 15.8. The Labute approximate surface area is 164 Å². The fourth-order valence-corrected chi connectivity index (χ4v) is 2.77. The number of hydrogen-bond donors (Lipinski definition) is 0. The smallest absolute Gasteiger partial charge is 0.185 e. The van der Waals surface area contributed by atoms with E-state index in [1.54, 1.807) is 13.2 Å². The van der Waals surface area contributed by atoms with Gasteiger partial charge in [0.05, 0.1) is 7.11 Å². The van der Waals surface area contributed by atoms with Crippen molar-refractivity contribution in [3.8, 4) is 11.5 Å². The molecule has 3 rings (SSSR count). The van der Waals surface area contributed by atoms with Crippen LogP contribution in [0.4, 0.5) is 4.39 Å². The number of rotatable bonds is 7. The van der Waals surface area contributed by atoms with Crippen LogP contribution >= 0.6 is 0 Å². The first-order valence-corrected chi connectivity index (χ1v) is 8.90. The van der Waals surface area contributed by atoms with Crippen LogP contribution in [0.1, 0.15) is 27.0 Å². The first kappa shape index (κ1) is 19.4. The van der Waals surface area contributed by atoms with Crippen LogP contribution in [-0.2, 0) is 6.61 Å². The monoisotopic (exact) mass is 376 g/mol. The van der Waals surface area contributed by atoms with Gasteiger partial charge < -0.3 is 9.47 Å². The van der Waals surface area contributed by atoms with E-state index in [-0.39, 0.29) is 11.6 Å². The summed E-state index contributed by atoms with van der Waals surface area (Å²) in [4.78, 5) is 12.2. The third-order valence-electron chi connectivity index (χ3n) is 4.34. The zero-order valence-corrected chi connectivity index (χ0v) is 15.8. The van der Waals surface area contributed by atoms with Gasteiger partial charge in [0.1, 0.15) is 23.9 Å². The maximum absolute atomic E-state index is 13.0. The minimum absolute atomic E-state index is 0.187. The van der Waals surface area contributed by atoms with E-state index in [9.17, 15) is 9.18 Å². The highest BCUT2D eigenvalue weighted by molar-refractivity contribution is 6.06. The molecule has 0 aliphatic heterocycles. The Hall–Kier alpha value is -3.40. The minimum atomic E-state index is -0.367. The summed E-state index contributed by atoms with van der Waals surface area (Å²) in [6.07, 6.45) is 3.20. The SMILES string of the molecule is COc1ccc(/C=C/C(=O)c2ccc(F)cc2)cc1COc1ccccc1C. The number of carbonyl (C=O) groups excluding carboxylic acids is 1. The van der Waals surface area contributed by atoms with Crippen LogP contribution in [0.15, 0.2) is 72.8 Å². The number of allylic oxidation sites excluding steroid dienone is 1. The molecule has 0 atom stereocenters. The number of ketones is 1. The van der Waals surface area contributed by atoms with E-state index >= 15 is 0 Å². The topological polar surface area (TPSA) is 35.5 Å². The van der Waals surface area contributed by atoms with E-state index < -0.39 is 0 Å². The molecule has 0 N–H and O–H groups in total. The molecule has 0 saturated heterocycles. The zero-order chi connectivity index (χ0) is 19.9. The summed E-state index contributed by atoms with van der Waals surface area (Å²) in [6.45, 7) is 2.34. The second kappa shape index (κ2) is 9.00. The average Bonchev–Trinajstić information content (AvgIpc) is 2.72. The van der Waals surface area contributed by atoms with Crippen LogP contribution in [0.2, 0.25) is 0 Å². The summed E-state index contributed by atoms with van der Waals surface area (Å²) in [5, 5.41) is 0. The van der Waals surface area contributed by atoms with Gasteiger partial charge in [-0.05, 0) is 66.6 Å². The van der Waals surface area contributed by atoms with Gasteiger partial charge in [0.25, 0.3) is 0 Å². The third-order valence-corrected chi connectivity index (χ3v) is 4.34. The Balaban J connectivity index is 1.75. The molecule has 0 unspecified atom stereocenters. The molecular weight excluding hydrogens is 355 g/mol. The Morgan fingerprint density at radius 3 is 2.46 bits per heavy atom. The second-order valence-corrected chi connectivity index (χ2v) is 6.33. The van der Waals surface area contributed by atoms with Crippen LogP contribution in [0.25, 0.3) is 6.08 Å². The van der Waals surface area contributed by atoms with Crippen molar-refractivity contribution >= 4 is 11.9 Å². The van der Waals surface area contributed by atoms with Gasteiger partial charge in [-0.25, -0.2) is 4.39 Å². The van der Waals surface area contributed by atoms with Crippen LogP contribution in [-0.4, -0.2) is 12.9 Å². The van der Waals surface area contributed by atoms with Crippen molar-refractivity contribution < 1.29 is 18.7 Å². The molecule has 0 aliphatic rings. The summed E-state index contributed by atoms with van der Waals surface area (Å²) in [5.41, 5.74) is 3.22. The van der Waals surface area contributed by atoms with Gasteiger partial charge in [-0.2, -0.15) is 0 Å². The molecule has 0 heterocycles. The molecule has 3 aromatic rings. The lowest BCUT2D eigenvalue weighted by Crippen LogP contribution is -2.00. The first-order chi connectivity index (χ1) is 13.6. The van der Waals surface area contributed by atoms with Gasteiger partial charge in [-0.3, -0.25) is 4.79 Å². The number of ether oxygens (including phenoxy) is 2. The second-order valence-electron chi connectivity index (χ2n) is 6.33. The van der Waals surface area contributed by atoms with E-state index in [0.717, 1.165) is 28.2 Å². The van der Waals surface area contributed by atoms with Gasteiger partial charge >= 0.3 is 0 Å². The van der Waals surface area contributed by atoms with Crippen molar-refractivity contribution in [1.29, 1.82) is 0 Å². The summed E-state index contributed by atoms with van der Waals surface area (Å²) in [7, 11) is 1.61. The lowest BCUT2D eigenvalue weighted by molar-refractivity contribution is 0.104. The largest absolute Gasteiger partial charge is 0.496 e. The molecule has 0 fully saturated rings. The van der Waals surface area contributed by atoms with Gasteiger partial charge in [0.15, 0.2) is 5.78 Å². The van der Waals surface area contributed by atoms with E-state index in [1.807, 2.05) is 49.4 Å². The number of aryl methyl sites for hydroxylation is 1. The summed E-state index contributed by atoms with van der Waals surface area (Å²) in [5.74, 6) is 0.982. The van der Waals surface area contributed by atoms with Gasteiger partial charge in [-0.15, -0.1) is 0 Å². The molecule has 0 saturated carbocycles. The lowest BCUT2D eigenvalue weighted by atomic mass is 10.1. The molecule has 0 bridgehead atoms. The average molecular weight is 376 g/mol. The van der Waals surface area contributed by atoms with Crippen molar-refractivity contribution in [3.63, 3.8) is 0 Å². The Morgan fingerprint density at radius 2 is 1.75 bits per heavy atom. The van der Waals surface area contributed by atoms with Gasteiger partial charge in [0.2, 0.25) is 0 Å². The molecule has 142 valence electrons. The van der Waals surface area contributed by atoms with Crippen LogP contribution < -0.4 is 9.47 Å². The number of hydrogen-bond acceptors (Lipinski definition) is 3. The molecule has 28 heavy (non-hydrogen) atoms. The highest BCUT2D eigenvalue weighted by Crippen LogP contribution is 2.24. The normalized spacial score (nSPS) is 10.8. The number of para-hydroxylation sites is 1. The highest BCUT2D eigenvalue weighted by Gasteiger charge is 2.07. The highest BCUT2D eigenvalue weighted by atomic mass is 19.1. The van der Waals surface area contributed by atoms with E-state index in [2.05, 4.69) is 0 Å². The van der Waals surface area contributed by atoms with E-state index in [1.165, 1.54) is 30.3 Å². The Bertz CT molecular complexity index is 991. The standard InChI is InChI=1S/C24H21FO3/c1-17-5-3-4-6-23(17)28-16-20-15-18(8-14-24(20)27-2)7-13-22(26)19-9-11-21(25)12-10-19/h3-15H,16H2,1-2H3/b13-7+. The van der Waals surface area contributed by atoms with Crippen LogP contribution in [0.5, 0.6) is 11.5 Å². The fourth-order valence-electron chi connectivity index (χ4n) is 2.77. The molecule has 0 aliphatic carbocycles. The van der Waals surface area contributed by atoms with Crippen molar-refractivity contribution in [2.24, 2.45) is 0 Å². The van der Waals surface area contributed by atoms with Gasteiger partial charge in [-0.1, -0.05) is 30.3 Å². The number of benzene rings is 3. The van der Waals surface area contributed by atoms with Crippen molar-refractivity contribution in [1.82, 2.24) is 0 Å². The quantitative estimate of drug-likeness (QED) is 0.397. The summed E-state index contributed by atoms with van der Waals surface area (Å²) < 4.78 is 24.3. The van der Waals surface area contributed by atoms with E-state index in [4.69, 9.17) is 9.47 Å². The lowest BCUT2D eigenvalue weighted by Gasteiger charge is -2.12. The van der Waals surface area contributed by atoms with Crippen molar-refractivity contribution in [3.05, 3.63) is 101 Å². The maximum Gasteiger partial charge on any atom is 0.185 e. The summed E-state index contributed by atoms with van der Waals surface area (Å²) >= 11 is 0. The Morgan fingerprint density at radius 1 is 1.00 bits per heavy atom. The molecule has 3 nitrogen and oxygen atoms in total.